The summed E-state index contributed by atoms with van der Waals surface area (Å²) >= 11 is 6.14. The molecule has 0 aliphatic heterocycles. The van der Waals surface area contributed by atoms with Crippen LogP contribution in [0.3, 0.4) is 0 Å². The van der Waals surface area contributed by atoms with E-state index < -0.39 is 0 Å². The number of pyridine rings is 1. The SMILES string of the molecule is CCCNc1cc(C(=O)N(CC)CC2CC2)c(Cl)cn1. The number of halogens is 1. The molecule has 1 aliphatic rings. The maximum atomic E-state index is 12.6. The van der Waals surface area contributed by atoms with Crippen molar-refractivity contribution in [3.05, 3.63) is 22.8 Å². The van der Waals surface area contributed by atoms with Crippen LogP contribution in [0.1, 0.15) is 43.5 Å². The molecule has 0 bridgehead atoms. The van der Waals surface area contributed by atoms with Gasteiger partial charge in [0.15, 0.2) is 0 Å². The Morgan fingerprint density at radius 2 is 2.25 bits per heavy atom. The summed E-state index contributed by atoms with van der Waals surface area (Å²) in [7, 11) is 0. The van der Waals surface area contributed by atoms with Gasteiger partial charge in [-0.3, -0.25) is 4.79 Å². The summed E-state index contributed by atoms with van der Waals surface area (Å²) in [6.07, 6.45) is 5.03. The second-order valence-electron chi connectivity index (χ2n) is 5.26. The molecule has 2 rings (SSSR count). The van der Waals surface area contributed by atoms with Gasteiger partial charge in [-0.2, -0.15) is 0 Å². The first-order chi connectivity index (χ1) is 9.65. The number of carbonyl (C=O) groups excluding carboxylic acids is 1. The molecule has 0 saturated heterocycles. The van der Waals surface area contributed by atoms with Crippen molar-refractivity contribution in [1.29, 1.82) is 0 Å². The predicted molar refractivity (Wildman–Crippen MR) is 82.3 cm³/mol. The number of amides is 1. The fraction of sp³-hybridized carbons (Fsp3) is 0.600. The van der Waals surface area contributed by atoms with Crippen molar-refractivity contribution in [2.45, 2.75) is 33.1 Å². The maximum Gasteiger partial charge on any atom is 0.255 e. The van der Waals surface area contributed by atoms with Crippen molar-refractivity contribution in [3.8, 4) is 0 Å². The lowest BCUT2D eigenvalue weighted by molar-refractivity contribution is 0.0757. The van der Waals surface area contributed by atoms with Gasteiger partial charge in [0.25, 0.3) is 5.91 Å². The molecule has 1 amide bonds. The molecule has 110 valence electrons. The topological polar surface area (TPSA) is 45.2 Å². The summed E-state index contributed by atoms with van der Waals surface area (Å²) < 4.78 is 0. The van der Waals surface area contributed by atoms with Crippen LogP contribution in [-0.2, 0) is 0 Å². The van der Waals surface area contributed by atoms with E-state index in [1.54, 1.807) is 12.3 Å². The van der Waals surface area contributed by atoms with Crippen molar-refractivity contribution in [1.82, 2.24) is 9.88 Å². The van der Waals surface area contributed by atoms with E-state index in [2.05, 4.69) is 17.2 Å². The molecule has 0 spiro atoms. The summed E-state index contributed by atoms with van der Waals surface area (Å²) in [6, 6.07) is 1.76. The Balaban J connectivity index is 2.13. The van der Waals surface area contributed by atoms with Crippen molar-refractivity contribution in [3.63, 3.8) is 0 Å². The zero-order valence-electron chi connectivity index (χ0n) is 12.2. The molecule has 1 aromatic heterocycles. The molecule has 0 atom stereocenters. The third kappa shape index (κ3) is 3.85. The van der Waals surface area contributed by atoms with E-state index in [4.69, 9.17) is 11.6 Å². The minimum absolute atomic E-state index is 0.00588. The molecule has 1 saturated carbocycles. The van der Waals surface area contributed by atoms with Crippen molar-refractivity contribution >= 4 is 23.3 Å². The monoisotopic (exact) mass is 295 g/mol. The maximum absolute atomic E-state index is 12.6. The Morgan fingerprint density at radius 1 is 1.50 bits per heavy atom. The van der Waals surface area contributed by atoms with Crippen LogP contribution in [-0.4, -0.2) is 35.4 Å². The van der Waals surface area contributed by atoms with Gasteiger partial charge < -0.3 is 10.2 Å². The number of carbonyl (C=O) groups is 1. The van der Waals surface area contributed by atoms with Crippen LogP contribution in [0.15, 0.2) is 12.3 Å². The fourth-order valence-corrected chi connectivity index (χ4v) is 2.27. The van der Waals surface area contributed by atoms with Gasteiger partial charge in [0.1, 0.15) is 5.82 Å². The molecule has 1 heterocycles. The molecular weight excluding hydrogens is 274 g/mol. The zero-order valence-corrected chi connectivity index (χ0v) is 12.9. The number of aromatic nitrogens is 1. The van der Waals surface area contributed by atoms with Gasteiger partial charge in [0.05, 0.1) is 10.6 Å². The lowest BCUT2D eigenvalue weighted by Crippen LogP contribution is -2.33. The van der Waals surface area contributed by atoms with Crippen LogP contribution >= 0.6 is 11.6 Å². The number of nitrogens with one attached hydrogen (secondary N) is 1. The normalized spacial score (nSPS) is 14.2. The highest BCUT2D eigenvalue weighted by molar-refractivity contribution is 6.33. The predicted octanol–water partition coefficient (Wildman–Crippen LogP) is 3.43. The van der Waals surface area contributed by atoms with E-state index in [9.17, 15) is 4.79 Å². The van der Waals surface area contributed by atoms with Crippen LogP contribution < -0.4 is 5.32 Å². The molecule has 5 heteroatoms. The van der Waals surface area contributed by atoms with E-state index in [0.29, 0.717) is 28.9 Å². The lowest BCUT2D eigenvalue weighted by atomic mass is 10.2. The van der Waals surface area contributed by atoms with E-state index in [1.165, 1.54) is 12.8 Å². The average Bonchev–Trinajstić information content (AvgIpc) is 3.27. The molecule has 1 aromatic rings. The Kier molecular flexibility index (Phi) is 5.24. The molecule has 0 aromatic carbocycles. The quantitative estimate of drug-likeness (QED) is 0.838. The molecule has 20 heavy (non-hydrogen) atoms. The number of anilines is 1. The summed E-state index contributed by atoms with van der Waals surface area (Å²) in [5, 5.41) is 3.61. The molecule has 0 radical (unpaired) electrons. The second kappa shape index (κ2) is 6.93. The molecule has 1 N–H and O–H groups in total. The van der Waals surface area contributed by atoms with E-state index in [1.807, 2.05) is 11.8 Å². The number of nitrogens with zero attached hydrogens (tertiary/aromatic N) is 2. The minimum Gasteiger partial charge on any atom is -0.370 e. The highest BCUT2D eigenvalue weighted by Crippen LogP contribution is 2.30. The van der Waals surface area contributed by atoms with Gasteiger partial charge in [0, 0.05) is 25.8 Å². The highest BCUT2D eigenvalue weighted by Gasteiger charge is 2.27. The average molecular weight is 296 g/mol. The minimum atomic E-state index is 0.00588. The van der Waals surface area contributed by atoms with E-state index in [-0.39, 0.29) is 5.91 Å². The van der Waals surface area contributed by atoms with Crippen LogP contribution in [0.25, 0.3) is 0 Å². The van der Waals surface area contributed by atoms with Crippen LogP contribution in [0.4, 0.5) is 5.82 Å². The van der Waals surface area contributed by atoms with Crippen LogP contribution in [0.2, 0.25) is 5.02 Å². The molecule has 4 nitrogen and oxygen atoms in total. The Labute approximate surface area is 125 Å². The first-order valence-electron chi connectivity index (χ1n) is 7.34. The first kappa shape index (κ1) is 15.1. The van der Waals surface area contributed by atoms with E-state index in [0.717, 1.165) is 19.5 Å². The van der Waals surface area contributed by atoms with Crippen molar-refractivity contribution < 1.29 is 4.79 Å². The Hall–Kier alpha value is -1.29. The summed E-state index contributed by atoms with van der Waals surface area (Å²) in [4.78, 5) is 18.7. The van der Waals surface area contributed by atoms with Crippen molar-refractivity contribution in [2.75, 3.05) is 25.0 Å². The third-order valence-electron chi connectivity index (χ3n) is 3.49. The summed E-state index contributed by atoms with van der Waals surface area (Å²) in [6.45, 7) is 6.48. The summed E-state index contributed by atoms with van der Waals surface area (Å²) in [5.74, 6) is 1.39. The molecular formula is C15H22ClN3O. The van der Waals surface area contributed by atoms with Gasteiger partial charge >= 0.3 is 0 Å². The molecule has 1 fully saturated rings. The number of hydrogen-bond acceptors (Lipinski definition) is 3. The largest absolute Gasteiger partial charge is 0.370 e. The number of hydrogen-bond donors (Lipinski definition) is 1. The van der Waals surface area contributed by atoms with Crippen LogP contribution in [0, 0.1) is 5.92 Å². The van der Waals surface area contributed by atoms with Crippen LogP contribution in [0.5, 0.6) is 0 Å². The van der Waals surface area contributed by atoms with Gasteiger partial charge in [0.2, 0.25) is 0 Å². The Bertz CT molecular complexity index is 474. The van der Waals surface area contributed by atoms with Gasteiger partial charge in [-0.05, 0) is 38.2 Å². The van der Waals surface area contributed by atoms with Gasteiger partial charge in [-0.1, -0.05) is 18.5 Å². The second-order valence-corrected chi connectivity index (χ2v) is 5.67. The third-order valence-corrected chi connectivity index (χ3v) is 3.79. The molecule has 0 unspecified atom stereocenters. The number of rotatable bonds is 7. The standard InChI is InChI=1S/C15H22ClN3O/c1-3-7-17-14-8-12(13(16)9-18-14)15(20)19(4-2)10-11-5-6-11/h8-9,11H,3-7,10H2,1-2H3,(H,17,18). The lowest BCUT2D eigenvalue weighted by Gasteiger charge is -2.21. The summed E-state index contributed by atoms with van der Waals surface area (Å²) in [5.41, 5.74) is 0.544. The van der Waals surface area contributed by atoms with Crippen molar-refractivity contribution in [2.24, 2.45) is 5.92 Å². The zero-order chi connectivity index (χ0) is 14.5. The fourth-order valence-electron chi connectivity index (χ4n) is 2.09. The highest BCUT2D eigenvalue weighted by atomic mass is 35.5. The van der Waals surface area contributed by atoms with Gasteiger partial charge in [-0.15, -0.1) is 0 Å². The first-order valence-corrected chi connectivity index (χ1v) is 7.72. The smallest absolute Gasteiger partial charge is 0.255 e. The van der Waals surface area contributed by atoms with Gasteiger partial charge in [-0.25, -0.2) is 4.98 Å². The Morgan fingerprint density at radius 3 is 2.85 bits per heavy atom. The molecule has 1 aliphatic carbocycles. The van der Waals surface area contributed by atoms with E-state index >= 15 is 0 Å².